The van der Waals surface area contributed by atoms with Crippen molar-refractivity contribution in [3.63, 3.8) is 0 Å². The minimum Gasteiger partial charge on any atom is -0.457 e. The second kappa shape index (κ2) is 26.0. The van der Waals surface area contributed by atoms with E-state index < -0.39 is 29.7 Å². The Morgan fingerprint density at radius 2 is 0.841 bits per heavy atom. The molecule has 2 amide bonds. The zero-order valence-electron chi connectivity index (χ0n) is 36.2. The molecule has 1 heterocycles. The number of ether oxygens (including phenoxy) is 2. The summed E-state index contributed by atoms with van der Waals surface area (Å²) in [6, 6.07) is 33.9. The van der Waals surface area contributed by atoms with Crippen LogP contribution in [-0.2, 0) is 51.4 Å². The normalized spacial score (nSPS) is 11.8. The van der Waals surface area contributed by atoms with Crippen LogP contribution in [0.25, 0.3) is 0 Å². The van der Waals surface area contributed by atoms with Crippen molar-refractivity contribution in [3.05, 3.63) is 181 Å². The van der Waals surface area contributed by atoms with E-state index >= 15 is 0 Å². The number of benzene rings is 4. The van der Waals surface area contributed by atoms with Crippen LogP contribution in [0.15, 0.2) is 147 Å². The number of likely N-dealkylation sites (N-methyl/N-ethyl adjacent to an activating group) is 2. The molecule has 0 atom stereocenters. The van der Waals surface area contributed by atoms with Crippen LogP contribution in [0.3, 0.4) is 0 Å². The maximum absolute atomic E-state index is 12.4. The largest absolute Gasteiger partial charge is 0.457 e. The van der Waals surface area contributed by atoms with Crippen LogP contribution < -0.4 is 0 Å². The van der Waals surface area contributed by atoms with Crippen molar-refractivity contribution in [2.45, 2.75) is 25.9 Å². The molecule has 0 aromatic heterocycles. The van der Waals surface area contributed by atoms with Crippen LogP contribution >= 0.6 is 17.0 Å². The Balaban J connectivity index is 0.000000342. The summed E-state index contributed by atoms with van der Waals surface area (Å²) in [5, 5.41) is 0.476. The van der Waals surface area contributed by atoms with Gasteiger partial charge in [0.15, 0.2) is 11.6 Å². The SMILES string of the molecule is Br.C=CC(=O)OCC[N+](C)(C)Cc1ccc(C(=O)c2ccccc2)cc1.C=CC(=O)OCC[N+](C)(C)Cc1ccc(C(=O)c2ccccc2)cc1.C=CC(=O)ON1C(=O)CCC1=O. The monoisotopic (exact) mass is 925 g/mol. The summed E-state index contributed by atoms with van der Waals surface area (Å²) in [4.78, 5) is 83.6. The molecule has 0 spiro atoms. The first kappa shape index (κ1) is 52.5. The fourth-order valence-electron chi connectivity index (χ4n) is 5.87. The highest BCUT2D eigenvalue weighted by molar-refractivity contribution is 8.93. The summed E-state index contributed by atoms with van der Waals surface area (Å²) < 4.78 is 11.4. The molecular weight excluding hydrogens is 870 g/mol. The van der Waals surface area contributed by atoms with Crippen LogP contribution in [0.4, 0.5) is 0 Å². The Bertz CT molecular complexity index is 2060. The molecule has 13 nitrogen and oxygen atoms in total. The van der Waals surface area contributed by atoms with E-state index in [4.69, 9.17) is 9.47 Å². The number of esters is 2. The molecule has 5 rings (SSSR count). The third kappa shape index (κ3) is 18.5. The van der Waals surface area contributed by atoms with E-state index in [2.05, 4.69) is 52.8 Å². The minimum absolute atomic E-state index is 0. The number of imide groups is 1. The van der Waals surface area contributed by atoms with Gasteiger partial charge in [0.25, 0.3) is 11.8 Å². The number of hydrogen-bond donors (Lipinski definition) is 0. The highest BCUT2D eigenvalue weighted by atomic mass is 79.9. The predicted octanol–water partition coefficient (Wildman–Crippen LogP) is 6.80. The van der Waals surface area contributed by atoms with Gasteiger partial charge >= 0.3 is 17.9 Å². The zero-order chi connectivity index (χ0) is 45.7. The highest BCUT2D eigenvalue weighted by Gasteiger charge is 2.32. The van der Waals surface area contributed by atoms with E-state index in [-0.39, 0.29) is 41.4 Å². The van der Waals surface area contributed by atoms with Crippen molar-refractivity contribution in [3.8, 4) is 0 Å². The van der Waals surface area contributed by atoms with E-state index in [0.717, 1.165) is 30.3 Å². The number of carbonyl (C=O) groups is 7. The van der Waals surface area contributed by atoms with Crippen LogP contribution in [0, 0.1) is 0 Å². The molecule has 0 aliphatic carbocycles. The van der Waals surface area contributed by atoms with Gasteiger partial charge in [0, 0.05) is 64.5 Å². The fraction of sp³-hybridized carbons (Fsp3) is 0.245. The minimum atomic E-state index is -0.807. The van der Waals surface area contributed by atoms with Crippen LogP contribution in [-0.4, -0.2) is 110 Å². The summed E-state index contributed by atoms with van der Waals surface area (Å²) in [6.45, 7) is 13.6. The van der Waals surface area contributed by atoms with Gasteiger partial charge in [-0.25, -0.2) is 14.4 Å². The highest BCUT2D eigenvalue weighted by Crippen LogP contribution is 2.16. The number of quaternary nitrogens is 2. The molecule has 4 aromatic carbocycles. The number of carbonyl (C=O) groups excluding carboxylic acids is 7. The second-order valence-corrected chi connectivity index (χ2v) is 15.4. The topological polar surface area (TPSA) is 150 Å². The van der Waals surface area contributed by atoms with Crippen molar-refractivity contribution in [2.75, 3.05) is 54.5 Å². The standard InChI is InChI=1S/2C21H24NO3.C7H7NO4.BrH/c2*1-4-20(23)25-15-14-22(2,3)16-17-10-12-19(13-11-17)21(24)18-8-6-5-7-9-18;1-2-7(11)12-8-5(9)3-4-6(8)10;/h2*4-13H,1,14-16H2,2-3H3;2H,1,3-4H2;1H/q2*+1;;. The first-order valence-corrected chi connectivity index (χ1v) is 19.8. The van der Waals surface area contributed by atoms with Crippen LogP contribution in [0.2, 0.25) is 0 Å². The molecule has 1 saturated heterocycles. The lowest BCUT2D eigenvalue weighted by atomic mass is 10.0. The Morgan fingerprint density at radius 3 is 1.16 bits per heavy atom. The first-order chi connectivity index (χ1) is 29.5. The number of nitrogens with zero attached hydrogens (tertiary/aromatic N) is 3. The van der Waals surface area contributed by atoms with Gasteiger partial charge in [-0.05, 0) is 0 Å². The van der Waals surface area contributed by atoms with Gasteiger partial charge in [-0.15, -0.1) is 22.0 Å². The predicted molar refractivity (Wildman–Crippen MR) is 244 cm³/mol. The molecule has 332 valence electrons. The number of ketones is 2. The van der Waals surface area contributed by atoms with Crippen molar-refractivity contribution < 1.29 is 56.8 Å². The third-order valence-corrected chi connectivity index (χ3v) is 9.29. The average Bonchev–Trinajstić information content (AvgIpc) is 3.59. The number of hydrogen-bond acceptors (Lipinski definition) is 10. The Hall–Kier alpha value is -6.61. The van der Waals surface area contributed by atoms with Gasteiger partial charge < -0.3 is 23.3 Å². The molecule has 0 saturated carbocycles. The van der Waals surface area contributed by atoms with Gasteiger partial charge in [-0.3, -0.25) is 19.2 Å². The van der Waals surface area contributed by atoms with E-state index in [0.29, 0.717) is 62.6 Å². The van der Waals surface area contributed by atoms with E-state index in [1.807, 2.05) is 109 Å². The average molecular weight is 927 g/mol. The molecule has 1 aliphatic rings. The van der Waals surface area contributed by atoms with Crippen LogP contribution in [0.1, 0.15) is 55.8 Å². The lowest BCUT2D eigenvalue weighted by Crippen LogP contribution is -2.41. The molecule has 0 unspecified atom stereocenters. The van der Waals surface area contributed by atoms with Gasteiger partial charge in [0.2, 0.25) is 0 Å². The van der Waals surface area contributed by atoms with E-state index in [9.17, 15) is 33.6 Å². The Kier molecular flexibility index (Phi) is 21.7. The maximum atomic E-state index is 12.4. The lowest BCUT2D eigenvalue weighted by molar-refractivity contribution is -0.903. The van der Waals surface area contributed by atoms with Crippen molar-refractivity contribution in [1.82, 2.24) is 5.06 Å². The number of hydroxylamine groups is 2. The molecule has 0 N–H and O–H groups in total. The third-order valence-electron chi connectivity index (χ3n) is 9.29. The molecule has 1 aliphatic heterocycles. The number of rotatable bonds is 18. The van der Waals surface area contributed by atoms with Crippen LogP contribution in [0.5, 0.6) is 0 Å². The molecule has 4 aromatic rings. The number of halogens is 1. The summed E-state index contributed by atoms with van der Waals surface area (Å²) in [6.07, 6.45) is 3.43. The summed E-state index contributed by atoms with van der Waals surface area (Å²) in [5.41, 5.74) is 5.00. The van der Waals surface area contributed by atoms with E-state index in [1.54, 1.807) is 0 Å². The summed E-state index contributed by atoms with van der Waals surface area (Å²) >= 11 is 0. The smallest absolute Gasteiger partial charge is 0.356 e. The van der Waals surface area contributed by atoms with E-state index in [1.165, 1.54) is 12.2 Å². The second-order valence-electron chi connectivity index (χ2n) is 15.4. The van der Waals surface area contributed by atoms with Gasteiger partial charge in [0.05, 0.1) is 28.2 Å². The van der Waals surface area contributed by atoms with Gasteiger partial charge in [-0.2, -0.15) is 0 Å². The Labute approximate surface area is 379 Å². The molecule has 14 heteroatoms. The first-order valence-electron chi connectivity index (χ1n) is 19.8. The molecule has 1 fully saturated rings. The Morgan fingerprint density at radius 1 is 0.524 bits per heavy atom. The van der Waals surface area contributed by atoms with Crippen molar-refractivity contribution in [2.24, 2.45) is 0 Å². The molecule has 0 radical (unpaired) electrons. The quantitative estimate of drug-likeness (QED) is 0.0343. The number of amides is 2. The fourth-order valence-corrected chi connectivity index (χ4v) is 5.87. The maximum Gasteiger partial charge on any atom is 0.356 e. The summed E-state index contributed by atoms with van der Waals surface area (Å²) in [5.74, 6) is -2.54. The van der Waals surface area contributed by atoms with Crippen molar-refractivity contribution >= 4 is 58.3 Å². The molecular formula is C49H56BrN3O10+2. The molecule has 0 bridgehead atoms. The van der Waals surface area contributed by atoms with Gasteiger partial charge in [-0.1, -0.05) is 129 Å². The zero-order valence-corrected chi connectivity index (χ0v) is 37.9. The molecule has 63 heavy (non-hydrogen) atoms. The van der Waals surface area contributed by atoms with Gasteiger partial charge in [0.1, 0.15) is 39.4 Å². The lowest BCUT2D eigenvalue weighted by Gasteiger charge is -2.29. The van der Waals surface area contributed by atoms with Crippen molar-refractivity contribution in [1.29, 1.82) is 0 Å². The summed E-state index contributed by atoms with van der Waals surface area (Å²) in [7, 11) is 8.30.